The summed E-state index contributed by atoms with van der Waals surface area (Å²) in [6, 6.07) is 0.256. The Kier molecular flexibility index (Phi) is 7.30. The summed E-state index contributed by atoms with van der Waals surface area (Å²) in [4.78, 5) is 23.4. The fourth-order valence-electron chi connectivity index (χ4n) is 2.57. The summed E-state index contributed by atoms with van der Waals surface area (Å²) in [5.74, 6) is 0.469. The smallest absolute Gasteiger partial charge is 0.409 e. The van der Waals surface area contributed by atoms with E-state index in [4.69, 9.17) is 10.5 Å². The van der Waals surface area contributed by atoms with Crippen molar-refractivity contribution in [1.29, 1.82) is 0 Å². The van der Waals surface area contributed by atoms with Crippen LogP contribution >= 0.6 is 11.3 Å². The van der Waals surface area contributed by atoms with Crippen molar-refractivity contribution >= 4 is 23.4 Å². The van der Waals surface area contributed by atoms with Gasteiger partial charge >= 0.3 is 6.09 Å². The van der Waals surface area contributed by atoms with Gasteiger partial charge < -0.3 is 20.7 Å². The lowest BCUT2D eigenvalue weighted by molar-refractivity contribution is 0.0963. The number of nitrogens with two attached hydrogens (primary N) is 1. The SMILES string of the molecule is CCOC(=O)N1CCC(NC(N)=NCCc2ncc(CC)s2)CC1. The number of ether oxygens (including phenoxy) is 1. The van der Waals surface area contributed by atoms with Gasteiger partial charge in [-0.2, -0.15) is 0 Å². The monoisotopic (exact) mass is 353 g/mol. The quantitative estimate of drug-likeness (QED) is 0.601. The molecule has 2 rings (SSSR count). The molecule has 1 aromatic heterocycles. The standard InChI is InChI=1S/C16H27N5O2S/c1-3-13-11-19-14(24-13)5-8-18-15(17)20-12-6-9-21(10-7-12)16(22)23-4-2/h11-12H,3-10H2,1-2H3,(H3,17,18,20). The number of aryl methyl sites for hydroxylation is 1. The molecule has 1 aliphatic heterocycles. The van der Waals surface area contributed by atoms with Crippen molar-refractivity contribution in [3.63, 3.8) is 0 Å². The molecule has 8 heteroatoms. The first-order valence-electron chi connectivity index (χ1n) is 8.54. The van der Waals surface area contributed by atoms with Gasteiger partial charge in [0.2, 0.25) is 0 Å². The van der Waals surface area contributed by atoms with E-state index in [-0.39, 0.29) is 12.1 Å². The van der Waals surface area contributed by atoms with Crippen LogP contribution in [0.25, 0.3) is 0 Å². The summed E-state index contributed by atoms with van der Waals surface area (Å²) in [6.45, 7) is 6.36. The maximum atomic E-state index is 11.7. The molecule has 0 aromatic carbocycles. The fourth-order valence-corrected chi connectivity index (χ4v) is 3.43. The van der Waals surface area contributed by atoms with Gasteiger partial charge in [-0.15, -0.1) is 11.3 Å². The van der Waals surface area contributed by atoms with Crippen molar-refractivity contribution < 1.29 is 9.53 Å². The number of rotatable bonds is 6. The Hall–Kier alpha value is -1.83. The summed E-state index contributed by atoms with van der Waals surface area (Å²) < 4.78 is 5.02. The largest absolute Gasteiger partial charge is 0.450 e. The van der Waals surface area contributed by atoms with Gasteiger partial charge in [0.15, 0.2) is 5.96 Å². The summed E-state index contributed by atoms with van der Waals surface area (Å²) in [6.07, 6.45) is 5.24. The molecule has 1 saturated heterocycles. The van der Waals surface area contributed by atoms with Gasteiger partial charge in [0, 0.05) is 43.2 Å². The maximum absolute atomic E-state index is 11.7. The van der Waals surface area contributed by atoms with Crippen LogP contribution < -0.4 is 11.1 Å². The molecule has 24 heavy (non-hydrogen) atoms. The average molecular weight is 353 g/mol. The number of aromatic nitrogens is 1. The Morgan fingerprint density at radius 2 is 2.25 bits per heavy atom. The predicted octanol–water partition coefficient (Wildman–Crippen LogP) is 1.77. The zero-order valence-corrected chi connectivity index (χ0v) is 15.3. The van der Waals surface area contributed by atoms with Crippen LogP contribution in [-0.2, 0) is 17.6 Å². The van der Waals surface area contributed by atoms with E-state index < -0.39 is 0 Å². The third-order valence-corrected chi connectivity index (χ3v) is 5.13. The first-order valence-corrected chi connectivity index (χ1v) is 9.35. The molecule has 1 aliphatic rings. The minimum atomic E-state index is -0.229. The Morgan fingerprint density at radius 3 is 2.88 bits per heavy atom. The van der Waals surface area contributed by atoms with Crippen LogP contribution in [0.5, 0.6) is 0 Å². The molecule has 1 fully saturated rings. The number of guanidine groups is 1. The van der Waals surface area contributed by atoms with Crippen molar-refractivity contribution in [2.75, 3.05) is 26.2 Å². The van der Waals surface area contributed by atoms with E-state index in [2.05, 4.69) is 22.2 Å². The number of carbonyl (C=O) groups is 1. The van der Waals surface area contributed by atoms with Gasteiger partial charge in [-0.3, -0.25) is 4.99 Å². The highest BCUT2D eigenvalue weighted by atomic mass is 32.1. The molecule has 1 aromatic rings. The van der Waals surface area contributed by atoms with E-state index >= 15 is 0 Å². The third-order valence-electron chi connectivity index (χ3n) is 3.93. The number of nitrogens with one attached hydrogen (secondary N) is 1. The molecule has 0 spiro atoms. The zero-order chi connectivity index (χ0) is 17.4. The molecule has 1 amide bonds. The molecule has 3 N–H and O–H groups in total. The lowest BCUT2D eigenvalue weighted by atomic mass is 10.1. The molecule has 0 saturated carbocycles. The van der Waals surface area contributed by atoms with E-state index in [9.17, 15) is 4.79 Å². The zero-order valence-electron chi connectivity index (χ0n) is 14.5. The first kappa shape index (κ1) is 18.5. The van der Waals surface area contributed by atoms with Crippen LogP contribution in [0.15, 0.2) is 11.2 Å². The number of nitrogens with zero attached hydrogens (tertiary/aromatic N) is 3. The number of thiazole rings is 1. The van der Waals surface area contributed by atoms with E-state index in [1.54, 1.807) is 16.2 Å². The number of hydrogen-bond donors (Lipinski definition) is 2. The first-order chi connectivity index (χ1) is 11.6. The Labute approximate surface area is 147 Å². The van der Waals surface area contributed by atoms with Gasteiger partial charge in [0.25, 0.3) is 0 Å². The third kappa shape index (κ3) is 5.67. The highest BCUT2D eigenvalue weighted by molar-refractivity contribution is 7.11. The number of amides is 1. The molecule has 0 unspecified atom stereocenters. The molecule has 0 radical (unpaired) electrons. The molecule has 134 valence electrons. The number of hydrogen-bond acceptors (Lipinski definition) is 5. The minimum Gasteiger partial charge on any atom is -0.450 e. The van der Waals surface area contributed by atoms with Crippen LogP contribution in [-0.4, -0.2) is 54.2 Å². The van der Waals surface area contributed by atoms with Crippen LogP contribution in [0.2, 0.25) is 0 Å². The van der Waals surface area contributed by atoms with Crippen molar-refractivity contribution in [2.45, 2.75) is 45.6 Å². The number of aliphatic imine (C=N–C) groups is 1. The van der Waals surface area contributed by atoms with Crippen molar-refractivity contribution in [2.24, 2.45) is 10.7 Å². The normalized spacial score (nSPS) is 16.2. The van der Waals surface area contributed by atoms with Crippen molar-refractivity contribution in [1.82, 2.24) is 15.2 Å². The Morgan fingerprint density at radius 1 is 1.50 bits per heavy atom. The second-order valence-electron chi connectivity index (χ2n) is 5.70. The highest BCUT2D eigenvalue weighted by Gasteiger charge is 2.23. The highest BCUT2D eigenvalue weighted by Crippen LogP contribution is 2.14. The Balaban J connectivity index is 1.68. The van der Waals surface area contributed by atoms with Crippen LogP contribution in [0.4, 0.5) is 4.79 Å². The number of piperidine rings is 1. The van der Waals surface area contributed by atoms with Gasteiger partial charge in [-0.1, -0.05) is 6.92 Å². The summed E-state index contributed by atoms with van der Waals surface area (Å²) in [5.41, 5.74) is 5.96. The van der Waals surface area contributed by atoms with Crippen LogP contribution in [0, 0.1) is 0 Å². The maximum Gasteiger partial charge on any atom is 0.409 e. The summed E-state index contributed by atoms with van der Waals surface area (Å²) >= 11 is 1.74. The fraction of sp³-hybridized carbons (Fsp3) is 0.688. The molecule has 0 aliphatic carbocycles. The second-order valence-corrected chi connectivity index (χ2v) is 6.90. The van der Waals surface area contributed by atoms with Crippen LogP contribution in [0.3, 0.4) is 0 Å². The average Bonchev–Trinajstić information content (AvgIpc) is 3.04. The van der Waals surface area contributed by atoms with Crippen molar-refractivity contribution in [3.8, 4) is 0 Å². The van der Waals surface area contributed by atoms with E-state index in [0.29, 0.717) is 32.2 Å². The summed E-state index contributed by atoms with van der Waals surface area (Å²) in [5, 5.41) is 4.35. The minimum absolute atomic E-state index is 0.229. The molecular weight excluding hydrogens is 326 g/mol. The predicted molar refractivity (Wildman–Crippen MR) is 96.4 cm³/mol. The lowest BCUT2D eigenvalue weighted by Crippen LogP contribution is -2.48. The van der Waals surface area contributed by atoms with Crippen LogP contribution in [0.1, 0.15) is 36.6 Å². The van der Waals surface area contributed by atoms with E-state index in [0.717, 1.165) is 30.7 Å². The second kappa shape index (κ2) is 9.46. The Bertz CT molecular complexity index is 552. The lowest BCUT2D eigenvalue weighted by Gasteiger charge is -2.31. The van der Waals surface area contributed by atoms with Gasteiger partial charge in [0.05, 0.1) is 11.6 Å². The molecule has 7 nitrogen and oxygen atoms in total. The molecule has 2 heterocycles. The van der Waals surface area contributed by atoms with Gasteiger partial charge in [-0.25, -0.2) is 9.78 Å². The number of carbonyl (C=O) groups excluding carboxylic acids is 1. The molecular formula is C16H27N5O2S. The van der Waals surface area contributed by atoms with Gasteiger partial charge in [-0.05, 0) is 26.2 Å². The van der Waals surface area contributed by atoms with Crippen molar-refractivity contribution in [3.05, 3.63) is 16.1 Å². The number of likely N-dealkylation sites (tertiary alicyclic amines) is 1. The molecule has 0 bridgehead atoms. The molecule has 0 atom stereocenters. The topological polar surface area (TPSA) is 92.8 Å². The summed E-state index contributed by atoms with van der Waals surface area (Å²) in [7, 11) is 0. The van der Waals surface area contributed by atoms with Gasteiger partial charge in [0.1, 0.15) is 0 Å². The van der Waals surface area contributed by atoms with E-state index in [1.807, 2.05) is 13.1 Å². The van der Waals surface area contributed by atoms with E-state index in [1.165, 1.54) is 4.88 Å².